The van der Waals surface area contributed by atoms with Crippen LogP contribution in [0.2, 0.25) is 0 Å². The molecule has 1 aromatic carbocycles. The van der Waals surface area contributed by atoms with Crippen LogP contribution >= 0.6 is 11.3 Å². The third-order valence-electron chi connectivity index (χ3n) is 4.36. The van der Waals surface area contributed by atoms with Gasteiger partial charge in [0.25, 0.3) is 5.69 Å². The van der Waals surface area contributed by atoms with Crippen molar-refractivity contribution in [1.82, 2.24) is 10.3 Å². The molecule has 1 aliphatic heterocycles. The highest BCUT2D eigenvalue weighted by atomic mass is 32.1. The monoisotopic (exact) mass is 413 g/mol. The normalized spacial score (nSPS) is 12.9. The quantitative estimate of drug-likeness (QED) is 0.326. The van der Waals surface area contributed by atoms with Gasteiger partial charge in [0, 0.05) is 23.7 Å². The van der Waals surface area contributed by atoms with Crippen LogP contribution in [0, 0.1) is 29.8 Å². The molecule has 1 aliphatic rings. The number of nitrogens with zero attached hydrogens (tertiary/aromatic N) is 2. The Bertz CT molecular complexity index is 1030. The standard InChI is InChI=1S/C13H14N2S.C7H6FNO2.C2H4/c1-9-2-7-15-11-8-12(16-13(9)11)10-3-5-14-6-4-10;1-5-2-3-6(9(10)11)4-7(5)8;1-2/h2-3,7-8,14H,4-6H2,1H3;2-4H,1H3;1-2H2. The largest absolute Gasteiger partial charge is 0.313 e. The molecular weight excluding hydrogens is 389 g/mol. The van der Waals surface area contributed by atoms with Gasteiger partial charge in [-0.2, -0.15) is 0 Å². The average Bonchev–Trinajstić information content (AvgIpc) is 3.18. The number of rotatable bonds is 2. The number of non-ortho nitro benzene ring substituents is 1. The molecular formula is C22H24FN3O2S. The van der Waals surface area contributed by atoms with Crippen LogP contribution in [0.5, 0.6) is 0 Å². The summed E-state index contributed by atoms with van der Waals surface area (Å²) >= 11 is 1.87. The molecule has 0 amide bonds. The summed E-state index contributed by atoms with van der Waals surface area (Å²) in [6.07, 6.45) is 5.32. The van der Waals surface area contributed by atoms with Crippen LogP contribution in [0.15, 0.2) is 55.8 Å². The lowest BCUT2D eigenvalue weighted by atomic mass is 10.1. The van der Waals surface area contributed by atoms with Gasteiger partial charge in [-0.3, -0.25) is 15.1 Å². The van der Waals surface area contributed by atoms with Gasteiger partial charge >= 0.3 is 0 Å². The van der Waals surface area contributed by atoms with E-state index in [1.165, 1.54) is 32.8 Å². The number of nitro groups is 1. The number of aryl methyl sites for hydroxylation is 2. The summed E-state index contributed by atoms with van der Waals surface area (Å²) in [5.74, 6) is -0.542. The van der Waals surface area contributed by atoms with E-state index in [1.54, 1.807) is 6.92 Å². The molecule has 5 nitrogen and oxygen atoms in total. The Hall–Kier alpha value is -2.90. The van der Waals surface area contributed by atoms with Crippen molar-refractivity contribution in [3.8, 4) is 0 Å². The van der Waals surface area contributed by atoms with Gasteiger partial charge in [0.05, 0.1) is 21.2 Å². The van der Waals surface area contributed by atoms with Crippen molar-refractivity contribution in [2.24, 2.45) is 0 Å². The summed E-state index contributed by atoms with van der Waals surface area (Å²) in [7, 11) is 0. The number of nitro benzene ring substituents is 1. The number of nitrogens with one attached hydrogen (secondary N) is 1. The number of pyridine rings is 1. The Balaban J connectivity index is 0.000000203. The van der Waals surface area contributed by atoms with E-state index in [2.05, 4.69) is 48.6 Å². The fourth-order valence-corrected chi connectivity index (χ4v) is 3.92. The Kier molecular flexibility index (Phi) is 8.18. The van der Waals surface area contributed by atoms with Gasteiger partial charge < -0.3 is 5.32 Å². The second-order valence-electron chi connectivity index (χ2n) is 6.33. The third kappa shape index (κ3) is 5.79. The summed E-state index contributed by atoms with van der Waals surface area (Å²) < 4.78 is 14.0. The molecule has 0 fully saturated rings. The van der Waals surface area contributed by atoms with Crippen molar-refractivity contribution in [1.29, 1.82) is 0 Å². The highest BCUT2D eigenvalue weighted by Crippen LogP contribution is 2.33. The molecule has 0 bridgehead atoms. The van der Waals surface area contributed by atoms with Crippen molar-refractivity contribution in [2.45, 2.75) is 20.3 Å². The zero-order chi connectivity index (χ0) is 21.4. The van der Waals surface area contributed by atoms with Crippen molar-refractivity contribution < 1.29 is 9.31 Å². The van der Waals surface area contributed by atoms with Crippen molar-refractivity contribution in [3.63, 3.8) is 0 Å². The number of hydrogen-bond acceptors (Lipinski definition) is 5. The second-order valence-corrected chi connectivity index (χ2v) is 7.38. The highest BCUT2D eigenvalue weighted by Gasteiger charge is 2.11. The van der Waals surface area contributed by atoms with Gasteiger partial charge in [-0.05, 0) is 61.7 Å². The number of aromatic nitrogens is 1. The lowest BCUT2D eigenvalue weighted by Gasteiger charge is -2.11. The molecule has 0 unspecified atom stereocenters. The van der Waals surface area contributed by atoms with E-state index in [9.17, 15) is 14.5 Å². The van der Waals surface area contributed by atoms with Gasteiger partial charge in [0.2, 0.25) is 0 Å². The molecule has 0 radical (unpaired) electrons. The first-order chi connectivity index (χ1) is 14.0. The maximum atomic E-state index is 12.6. The summed E-state index contributed by atoms with van der Waals surface area (Å²) in [5.41, 5.74) is 4.14. The van der Waals surface area contributed by atoms with E-state index in [4.69, 9.17) is 0 Å². The molecule has 2 aromatic heterocycles. The predicted octanol–water partition coefficient (Wildman–Crippen LogP) is 5.83. The molecule has 0 aliphatic carbocycles. The molecule has 152 valence electrons. The minimum atomic E-state index is -0.622. The zero-order valence-electron chi connectivity index (χ0n) is 16.6. The van der Waals surface area contributed by atoms with E-state index in [0.717, 1.165) is 31.1 Å². The molecule has 0 saturated heterocycles. The van der Waals surface area contributed by atoms with Gasteiger partial charge in [-0.25, -0.2) is 4.39 Å². The molecule has 29 heavy (non-hydrogen) atoms. The van der Waals surface area contributed by atoms with Gasteiger partial charge in [-0.15, -0.1) is 24.5 Å². The number of benzene rings is 1. The molecule has 1 N–H and O–H groups in total. The molecule has 0 spiro atoms. The smallest absolute Gasteiger partial charge is 0.272 e. The minimum absolute atomic E-state index is 0.215. The van der Waals surface area contributed by atoms with Crippen molar-refractivity contribution in [3.05, 3.63) is 87.7 Å². The van der Waals surface area contributed by atoms with Crippen molar-refractivity contribution >= 4 is 32.8 Å². The van der Waals surface area contributed by atoms with Crippen LogP contribution < -0.4 is 5.32 Å². The highest BCUT2D eigenvalue weighted by molar-refractivity contribution is 7.20. The maximum absolute atomic E-state index is 12.6. The summed E-state index contributed by atoms with van der Waals surface area (Å²) in [4.78, 5) is 15.3. The first-order valence-electron chi connectivity index (χ1n) is 9.11. The predicted molar refractivity (Wildman–Crippen MR) is 119 cm³/mol. The Morgan fingerprint density at radius 2 is 1.97 bits per heavy atom. The van der Waals surface area contributed by atoms with Gasteiger partial charge in [0.15, 0.2) is 0 Å². The van der Waals surface area contributed by atoms with Crippen LogP contribution in [-0.4, -0.2) is 23.0 Å². The topological polar surface area (TPSA) is 68.1 Å². The van der Waals surface area contributed by atoms with Crippen LogP contribution in [0.3, 0.4) is 0 Å². The lowest BCUT2D eigenvalue weighted by molar-refractivity contribution is -0.385. The first-order valence-corrected chi connectivity index (χ1v) is 9.93. The van der Waals surface area contributed by atoms with E-state index in [0.29, 0.717) is 5.56 Å². The molecule has 3 heterocycles. The SMILES string of the molecule is C=C.Cc1ccc([N+](=O)[O-])cc1F.Cc1ccnc2cc(C3=CCNCC3)sc12. The zero-order valence-corrected chi connectivity index (χ0v) is 17.4. The Morgan fingerprint density at radius 1 is 1.21 bits per heavy atom. The third-order valence-corrected chi connectivity index (χ3v) is 5.69. The fraction of sp³-hybridized carbons (Fsp3) is 0.227. The van der Waals surface area contributed by atoms with Gasteiger partial charge in [-0.1, -0.05) is 6.08 Å². The maximum Gasteiger partial charge on any atom is 0.272 e. The Labute approximate surface area is 173 Å². The number of halogens is 1. The van der Waals surface area contributed by atoms with Crippen LogP contribution in [-0.2, 0) is 0 Å². The summed E-state index contributed by atoms with van der Waals surface area (Å²) in [6.45, 7) is 11.8. The molecule has 0 saturated carbocycles. The van der Waals surface area contributed by atoms with Crippen LogP contribution in [0.1, 0.15) is 22.4 Å². The molecule has 4 rings (SSSR count). The minimum Gasteiger partial charge on any atom is -0.313 e. The average molecular weight is 414 g/mol. The van der Waals surface area contributed by atoms with Crippen LogP contribution in [0.25, 0.3) is 15.8 Å². The van der Waals surface area contributed by atoms with E-state index < -0.39 is 10.7 Å². The van der Waals surface area contributed by atoms with Crippen molar-refractivity contribution in [2.75, 3.05) is 13.1 Å². The number of fused-ring (bicyclic) bond motifs is 1. The molecule has 0 atom stereocenters. The molecule has 7 heteroatoms. The second kappa shape index (κ2) is 10.6. The fourth-order valence-electron chi connectivity index (χ4n) is 2.76. The molecule has 3 aromatic rings. The Morgan fingerprint density at radius 3 is 2.55 bits per heavy atom. The first kappa shape index (κ1) is 22.4. The number of thiophene rings is 1. The van der Waals surface area contributed by atoms with Crippen LogP contribution in [0.4, 0.5) is 10.1 Å². The number of hydrogen-bond donors (Lipinski definition) is 1. The summed E-state index contributed by atoms with van der Waals surface area (Å²) in [5, 5.41) is 13.4. The van der Waals surface area contributed by atoms with Gasteiger partial charge in [0.1, 0.15) is 5.82 Å². The summed E-state index contributed by atoms with van der Waals surface area (Å²) in [6, 6.07) is 7.88. The lowest BCUT2D eigenvalue weighted by Crippen LogP contribution is -2.19. The van der Waals surface area contributed by atoms with E-state index in [1.807, 2.05) is 17.5 Å². The van der Waals surface area contributed by atoms with E-state index in [-0.39, 0.29) is 5.69 Å². The van der Waals surface area contributed by atoms with E-state index >= 15 is 0 Å².